The fraction of sp³-hybridized carbons (Fsp3) is 0.136. The molecule has 0 saturated heterocycles. The Morgan fingerprint density at radius 2 is 1.68 bits per heavy atom. The summed E-state index contributed by atoms with van der Waals surface area (Å²) in [5, 5.41) is 13.2. The second-order valence-corrected chi connectivity index (χ2v) is 7.44. The molecule has 9 heteroatoms. The summed E-state index contributed by atoms with van der Waals surface area (Å²) in [4.78, 5) is 9.08. The van der Waals surface area contributed by atoms with Gasteiger partial charge in [0.05, 0.1) is 12.2 Å². The highest BCUT2D eigenvalue weighted by atomic mass is 35.5. The van der Waals surface area contributed by atoms with Crippen LogP contribution in [-0.2, 0) is 6.54 Å². The highest BCUT2D eigenvalue weighted by molar-refractivity contribution is 6.30. The van der Waals surface area contributed by atoms with Crippen molar-refractivity contribution in [2.45, 2.75) is 20.4 Å². The standard InChI is InChI=1S/C22H17ClN6O2/c1-13-19(22-25-20(27-31-22)15-8-10-17(23)11-9-15)26-28-29(13)12-18-14(2)30-21(24-18)16-6-4-3-5-7-16/h3-11H,12H2,1-2H3. The van der Waals surface area contributed by atoms with Crippen LogP contribution in [0.4, 0.5) is 0 Å². The molecule has 154 valence electrons. The smallest absolute Gasteiger partial charge is 0.280 e. The predicted molar refractivity (Wildman–Crippen MR) is 114 cm³/mol. The monoisotopic (exact) mass is 432 g/mol. The molecule has 0 amide bonds. The molecule has 0 aliphatic rings. The number of oxazole rings is 1. The van der Waals surface area contributed by atoms with E-state index in [1.807, 2.05) is 56.3 Å². The molecule has 3 aromatic heterocycles. The second kappa shape index (κ2) is 7.81. The van der Waals surface area contributed by atoms with Crippen LogP contribution in [0.1, 0.15) is 17.1 Å². The first kappa shape index (κ1) is 19.2. The minimum Gasteiger partial charge on any atom is -0.441 e. The van der Waals surface area contributed by atoms with Gasteiger partial charge in [-0.1, -0.05) is 40.2 Å². The van der Waals surface area contributed by atoms with Crippen LogP contribution in [0.15, 0.2) is 63.5 Å². The van der Waals surface area contributed by atoms with E-state index in [1.165, 1.54) is 0 Å². The van der Waals surface area contributed by atoms with Crippen molar-refractivity contribution in [1.82, 2.24) is 30.1 Å². The van der Waals surface area contributed by atoms with Gasteiger partial charge in [0.15, 0.2) is 5.69 Å². The average Bonchev–Trinajstić information content (AvgIpc) is 3.50. The first-order chi connectivity index (χ1) is 15.1. The molecule has 0 atom stereocenters. The Hall–Kier alpha value is -3.78. The van der Waals surface area contributed by atoms with Crippen LogP contribution in [0.2, 0.25) is 5.02 Å². The Labute approximate surface area is 182 Å². The maximum atomic E-state index is 5.94. The van der Waals surface area contributed by atoms with Crippen LogP contribution in [0.3, 0.4) is 0 Å². The molecular formula is C22H17ClN6O2. The molecular weight excluding hydrogens is 416 g/mol. The minimum absolute atomic E-state index is 0.301. The SMILES string of the molecule is Cc1oc(-c2ccccc2)nc1Cn1nnc(-c2nc(-c3ccc(Cl)cc3)no2)c1C. The van der Waals surface area contributed by atoms with Crippen LogP contribution in [0, 0.1) is 13.8 Å². The third-order valence-electron chi connectivity index (χ3n) is 4.93. The fourth-order valence-corrected chi connectivity index (χ4v) is 3.29. The zero-order valence-electron chi connectivity index (χ0n) is 16.8. The number of halogens is 1. The third kappa shape index (κ3) is 3.73. The molecule has 8 nitrogen and oxygen atoms in total. The quantitative estimate of drug-likeness (QED) is 0.387. The van der Waals surface area contributed by atoms with E-state index in [1.54, 1.807) is 16.8 Å². The minimum atomic E-state index is 0.301. The van der Waals surface area contributed by atoms with Gasteiger partial charge in [-0.15, -0.1) is 5.10 Å². The van der Waals surface area contributed by atoms with Crippen molar-refractivity contribution in [3.8, 4) is 34.4 Å². The Kier molecular flexibility index (Phi) is 4.83. The number of aromatic nitrogens is 6. The van der Waals surface area contributed by atoms with E-state index >= 15 is 0 Å². The summed E-state index contributed by atoms with van der Waals surface area (Å²) in [7, 11) is 0. The lowest BCUT2D eigenvalue weighted by Crippen LogP contribution is -2.05. The number of nitrogens with zero attached hydrogens (tertiary/aromatic N) is 6. The molecule has 0 N–H and O–H groups in total. The normalized spacial score (nSPS) is 11.2. The molecule has 0 aliphatic heterocycles. The number of aryl methyl sites for hydroxylation is 1. The Morgan fingerprint density at radius 1 is 0.903 bits per heavy atom. The van der Waals surface area contributed by atoms with Crippen molar-refractivity contribution in [2.75, 3.05) is 0 Å². The average molecular weight is 433 g/mol. The molecule has 2 aromatic carbocycles. The van der Waals surface area contributed by atoms with Crippen molar-refractivity contribution in [2.24, 2.45) is 0 Å². The lowest BCUT2D eigenvalue weighted by atomic mass is 10.2. The number of hydrogen-bond donors (Lipinski definition) is 0. The zero-order chi connectivity index (χ0) is 21.4. The second-order valence-electron chi connectivity index (χ2n) is 7.00. The highest BCUT2D eigenvalue weighted by Gasteiger charge is 2.20. The summed E-state index contributed by atoms with van der Waals surface area (Å²) in [6.45, 7) is 4.20. The topological polar surface area (TPSA) is 95.7 Å². The fourth-order valence-electron chi connectivity index (χ4n) is 3.16. The number of hydrogen-bond acceptors (Lipinski definition) is 7. The lowest BCUT2D eigenvalue weighted by Gasteiger charge is -2.00. The molecule has 0 radical (unpaired) electrons. The van der Waals surface area contributed by atoms with Crippen LogP contribution in [0.25, 0.3) is 34.4 Å². The van der Waals surface area contributed by atoms with Gasteiger partial charge in [0.2, 0.25) is 11.7 Å². The summed E-state index contributed by atoms with van der Waals surface area (Å²) < 4.78 is 13.0. The first-order valence-electron chi connectivity index (χ1n) is 9.60. The zero-order valence-corrected chi connectivity index (χ0v) is 17.5. The molecule has 0 unspecified atom stereocenters. The van der Waals surface area contributed by atoms with Crippen molar-refractivity contribution >= 4 is 11.6 Å². The van der Waals surface area contributed by atoms with Crippen LogP contribution in [0.5, 0.6) is 0 Å². The van der Waals surface area contributed by atoms with Gasteiger partial charge in [0.25, 0.3) is 5.89 Å². The molecule has 31 heavy (non-hydrogen) atoms. The molecule has 5 aromatic rings. The van der Waals surface area contributed by atoms with E-state index in [2.05, 4.69) is 25.4 Å². The number of rotatable bonds is 5. The molecule has 0 aliphatic carbocycles. The van der Waals surface area contributed by atoms with E-state index in [4.69, 9.17) is 20.5 Å². The summed E-state index contributed by atoms with van der Waals surface area (Å²) in [5.41, 5.74) is 3.82. The van der Waals surface area contributed by atoms with Crippen molar-refractivity contribution < 1.29 is 8.94 Å². The molecule has 0 saturated carbocycles. The van der Waals surface area contributed by atoms with Gasteiger partial charge >= 0.3 is 0 Å². The lowest BCUT2D eigenvalue weighted by molar-refractivity contribution is 0.430. The summed E-state index contributed by atoms with van der Waals surface area (Å²) in [5.74, 6) is 2.07. The van der Waals surface area contributed by atoms with Crippen molar-refractivity contribution in [1.29, 1.82) is 0 Å². The van der Waals surface area contributed by atoms with E-state index in [0.717, 1.165) is 28.3 Å². The molecule has 3 heterocycles. The Balaban J connectivity index is 1.40. The van der Waals surface area contributed by atoms with E-state index in [-0.39, 0.29) is 0 Å². The highest BCUT2D eigenvalue weighted by Crippen LogP contribution is 2.26. The van der Waals surface area contributed by atoms with E-state index in [9.17, 15) is 0 Å². The van der Waals surface area contributed by atoms with Crippen LogP contribution < -0.4 is 0 Å². The van der Waals surface area contributed by atoms with E-state index < -0.39 is 0 Å². The molecule has 0 spiro atoms. The first-order valence-corrected chi connectivity index (χ1v) is 9.98. The summed E-state index contributed by atoms with van der Waals surface area (Å²) in [6, 6.07) is 17.0. The molecule has 0 fully saturated rings. The van der Waals surface area contributed by atoms with Crippen LogP contribution >= 0.6 is 11.6 Å². The maximum Gasteiger partial charge on any atom is 0.280 e. The van der Waals surface area contributed by atoms with Gasteiger partial charge in [-0.2, -0.15) is 4.98 Å². The summed E-state index contributed by atoms with van der Waals surface area (Å²) in [6.07, 6.45) is 0. The van der Waals surface area contributed by atoms with Gasteiger partial charge in [-0.3, -0.25) is 0 Å². The molecule has 0 bridgehead atoms. The van der Waals surface area contributed by atoms with Gasteiger partial charge in [0, 0.05) is 16.1 Å². The third-order valence-corrected chi connectivity index (χ3v) is 5.18. The molecule has 5 rings (SSSR count). The summed E-state index contributed by atoms with van der Waals surface area (Å²) >= 11 is 5.94. The Morgan fingerprint density at radius 3 is 2.45 bits per heavy atom. The van der Waals surface area contributed by atoms with Crippen molar-refractivity contribution in [3.63, 3.8) is 0 Å². The van der Waals surface area contributed by atoms with Crippen molar-refractivity contribution in [3.05, 3.63) is 76.8 Å². The van der Waals surface area contributed by atoms with Gasteiger partial charge in [0.1, 0.15) is 11.5 Å². The maximum absolute atomic E-state index is 5.94. The van der Waals surface area contributed by atoms with Gasteiger partial charge in [-0.05, 0) is 50.2 Å². The van der Waals surface area contributed by atoms with Gasteiger partial charge < -0.3 is 8.94 Å². The van der Waals surface area contributed by atoms with E-state index in [0.29, 0.717) is 34.9 Å². The number of benzene rings is 2. The van der Waals surface area contributed by atoms with Crippen LogP contribution in [-0.4, -0.2) is 30.1 Å². The largest absolute Gasteiger partial charge is 0.441 e. The predicted octanol–water partition coefficient (Wildman–Crippen LogP) is 4.97. The Bertz CT molecular complexity index is 1340. The van der Waals surface area contributed by atoms with Gasteiger partial charge in [-0.25, -0.2) is 9.67 Å².